The largest absolute Gasteiger partial charge is 0.490 e. The minimum absolute atomic E-state index is 0.0915. The highest BCUT2D eigenvalue weighted by Crippen LogP contribution is 2.36. The van der Waals surface area contributed by atoms with Gasteiger partial charge < -0.3 is 15.2 Å². The van der Waals surface area contributed by atoms with Crippen LogP contribution in [0.5, 0.6) is 0 Å². The Kier molecular flexibility index (Phi) is 9.88. The van der Waals surface area contributed by atoms with E-state index < -0.39 is 23.9 Å². The standard InChI is InChI=1S/C23H27F3N4O2.C2HF3O2/c1-15-9-27-21(28-10-15)11-29-22(31)8-20-19-5-6-30(13-17(19)14-32-20)12-16-3-2-4-18(7-16)23(24,25)26;3-2(4,5)1(6)7/h2-4,7,9-10,17,19-20H,5-6,8,11-14H2,1H3,(H,29,31);(H,6,7)/t17-,19-,20+;/m1./s1. The molecule has 8 nitrogen and oxygen atoms in total. The fraction of sp³-hybridized carbons (Fsp3) is 0.520. The van der Waals surface area contributed by atoms with Gasteiger partial charge in [-0.3, -0.25) is 9.69 Å². The molecule has 0 saturated carbocycles. The molecule has 2 aliphatic rings. The van der Waals surface area contributed by atoms with Gasteiger partial charge in [0.15, 0.2) is 0 Å². The molecule has 39 heavy (non-hydrogen) atoms. The number of hydrogen-bond donors (Lipinski definition) is 2. The van der Waals surface area contributed by atoms with Crippen molar-refractivity contribution in [1.82, 2.24) is 20.2 Å². The van der Waals surface area contributed by atoms with E-state index in [1.54, 1.807) is 18.5 Å². The van der Waals surface area contributed by atoms with Crippen LogP contribution in [-0.2, 0) is 33.6 Å². The maximum Gasteiger partial charge on any atom is 0.490 e. The third-order valence-electron chi connectivity index (χ3n) is 6.45. The first-order chi connectivity index (χ1) is 18.2. The quantitative estimate of drug-likeness (QED) is 0.514. The predicted molar refractivity (Wildman–Crippen MR) is 125 cm³/mol. The molecule has 0 bridgehead atoms. The van der Waals surface area contributed by atoms with Gasteiger partial charge in [0.1, 0.15) is 5.82 Å². The van der Waals surface area contributed by atoms with Gasteiger partial charge in [-0.05, 0) is 43.0 Å². The average molecular weight is 563 g/mol. The molecule has 3 heterocycles. The average Bonchev–Trinajstić information content (AvgIpc) is 3.25. The van der Waals surface area contributed by atoms with Gasteiger partial charge in [-0.1, -0.05) is 18.2 Å². The Morgan fingerprint density at radius 3 is 2.44 bits per heavy atom. The molecular weight excluding hydrogens is 534 g/mol. The summed E-state index contributed by atoms with van der Waals surface area (Å²) in [6.07, 6.45) is -4.96. The van der Waals surface area contributed by atoms with Crippen molar-refractivity contribution in [3.05, 3.63) is 59.2 Å². The summed E-state index contributed by atoms with van der Waals surface area (Å²) in [5, 5.41) is 9.98. The number of ether oxygens (including phenoxy) is 1. The number of carboxylic acid groups (broad SMARTS) is 1. The van der Waals surface area contributed by atoms with Crippen molar-refractivity contribution in [1.29, 1.82) is 0 Å². The maximum atomic E-state index is 13.0. The van der Waals surface area contributed by atoms with Gasteiger partial charge in [0.05, 0.1) is 31.2 Å². The lowest BCUT2D eigenvalue weighted by Gasteiger charge is -2.35. The second-order valence-corrected chi connectivity index (χ2v) is 9.48. The first-order valence-corrected chi connectivity index (χ1v) is 12.1. The number of aryl methyl sites for hydroxylation is 1. The summed E-state index contributed by atoms with van der Waals surface area (Å²) in [6.45, 7) is 4.77. The summed E-state index contributed by atoms with van der Waals surface area (Å²) >= 11 is 0. The first kappa shape index (κ1) is 30.3. The number of amides is 1. The first-order valence-electron chi connectivity index (χ1n) is 12.1. The number of hydrogen-bond acceptors (Lipinski definition) is 6. The minimum atomic E-state index is -5.08. The lowest BCUT2D eigenvalue weighted by atomic mass is 9.83. The molecule has 1 amide bonds. The van der Waals surface area contributed by atoms with E-state index in [1.807, 2.05) is 6.92 Å². The molecule has 2 N–H and O–H groups in total. The molecule has 2 saturated heterocycles. The highest BCUT2D eigenvalue weighted by molar-refractivity contribution is 5.76. The number of alkyl halides is 6. The van der Waals surface area contributed by atoms with Crippen molar-refractivity contribution in [3.8, 4) is 0 Å². The van der Waals surface area contributed by atoms with Crippen LogP contribution in [0, 0.1) is 18.8 Å². The fourth-order valence-corrected chi connectivity index (χ4v) is 4.56. The van der Waals surface area contributed by atoms with E-state index >= 15 is 0 Å². The SMILES string of the molecule is Cc1cnc(CNC(=O)C[C@@H]2OC[C@H]3CN(Cc4cccc(C(F)(F)F)c4)CC[C@H]32)nc1.O=C(O)C(F)(F)F. The number of nitrogens with zero attached hydrogens (tertiary/aromatic N) is 3. The van der Waals surface area contributed by atoms with E-state index in [1.165, 1.54) is 12.1 Å². The Hall–Kier alpha value is -3.26. The zero-order chi connectivity index (χ0) is 28.8. The Bertz CT molecular complexity index is 1130. The van der Waals surface area contributed by atoms with E-state index in [2.05, 4.69) is 20.2 Å². The highest BCUT2D eigenvalue weighted by Gasteiger charge is 2.41. The zero-order valence-electron chi connectivity index (χ0n) is 20.9. The van der Waals surface area contributed by atoms with Crippen LogP contribution in [0.3, 0.4) is 0 Å². The number of halogens is 6. The second-order valence-electron chi connectivity index (χ2n) is 9.48. The fourth-order valence-electron chi connectivity index (χ4n) is 4.56. The van der Waals surface area contributed by atoms with Crippen molar-refractivity contribution in [2.45, 2.75) is 51.3 Å². The number of piperidine rings is 1. The van der Waals surface area contributed by atoms with E-state index in [0.29, 0.717) is 31.0 Å². The normalized spacial score (nSPS) is 21.5. The summed E-state index contributed by atoms with van der Waals surface area (Å²) in [7, 11) is 0. The molecule has 14 heteroatoms. The van der Waals surface area contributed by atoms with E-state index in [-0.39, 0.29) is 30.4 Å². The van der Waals surface area contributed by atoms with Crippen LogP contribution in [0.25, 0.3) is 0 Å². The van der Waals surface area contributed by atoms with Gasteiger partial charge in [-0.15, -0.1) is 0 Å². The summed E-state index contributed by atoms with van der Waals surface area (Å²) in [5.74, 6) is -1.71. The molecule has 2 aliphatic heterocycles. The van der Waals surface area contributed by atoms with E-state index in [4.69, 9.17) is 14.6 Å². The topological polar surface area (TPSA) is 105 Å². The Morgan fingerprint density at radius 1 is 1.15 bits per heavy atom. The van der Waals surface area contributed by atoms with Gasteiger partial charge in [0.25, 0.3) is 0 Å². The number of carboxylic acids is 1. The molecule has 1 aromatic carbocycles. The lowest BCUT2D eigenvalue weighted by Crippen LogP contribution is -2.41. The number of likely N-dealkylation sites (tertiary alicyclic amines) is 1. The van der Waals surface area contributed by atoms with Crippen LogP contribution in [0.1, 0.15) is 35.4 Å². The van der Waals surface area contributed by atoms with Crippen molar-refractivity contribution in [2.75, 3.05) is 19.7 Å². The number of aromatic nitrogens is 2. The highest BCUT2D eigenvalue weighted by atomic mass is 19.4. The molecule has 4 rings (SSSR count). The van der Waals surface area contributed by atoms with Gasteiger partial charge in [-0.25, -0.2) is 14.8 Å². The molecule has 3 atom stereocenters. The smallest absolute Gasteiger partial charge is 0.475 e. The summed E-state index contributed by atoms with van der Waals surface area (Å²) in [4.78, 5) is 31.8. The van der Waals surface area contributed by atoms with Crippen molar-refractivity contribution in [2.24, 2.45) is 11.8 Å². The van der Waals surface area contributed by atoms with Crippen molar-refractivity contribution < 1.29 is 45.8 Å². The number of nitrogens with one attached hydrogen (secondary N) is 1. The van der Waals surface area contributed by atoms with E-state index in [0.717, 1.165) is 31.1 Å². The van der Waals surface area contributed by atoms with Crippen molar-refractivity contribution in [3.63, 3.8) is 0 Å². The van der Waals surface area contributed by atoms with Crippen LogP contribution in [0.2, 0.25) is 0 Å². The van der Waals surface area contributed by atoms with Gasteiger partial charge >= 0.3 is 18.3 Å². The Morgan fingerprint density at radius 2 is 1.82 bits per heavy atom. The molecule has 0 radical (unpaired) electrons. The predicted octanol–water partition coefficient (Wildman–Crippen LogP) is 3.98. The molecule has 214 valence electrons. The number of aliphatic carboxylic acids is 1. The summed E-state index contributed by atoms with van der Waals surface area (Å²) in [5.41, 5.74) is 1.01. The van der Waals surface area contributed by atoms with Crippen LogP contribution in [0.15, 0.2) is 36.7 Å². The number of fused-ring (bicyclic) bond motifs is 1. The number of benzene rings is 1. The Labute approximate surface area is 220 Å². The van der Waals surface area contributed by atoms with Crippen molar-refractivity contribution >= 4 is 11.9 Å². The molecule has 0 unspecified atom stereocenters. The maximum absolute atomic E-state index is 13.0. The molecule has 0 spiro atoms. The van der Waals surface area contributed by atoms with Crippen LogP contribution in [-0.4, -0.2) is 63.8 Å². The third-order valence-corrected chi connectivity index (χ3v) is 6.45. The Balaban J connectivity index is 0.000000532. The molecule has 2 fully saturated rings. The third kappa shape index (κ3) is 9.17. The monoisotopic (exact) mass is 562 g/mol. The van der Waals surface area contributed by atoms with Crippen LogP contribution >= 0.6 is 0 Å². The number of carbonyl (C=O) groups excluding carboxylic acids is 1. The molecule has 2 aromatic rings. The molecule has 0 aliphatic carbocycles. The van der Waals surface area contributed by atoms with Crippen LogP contribution < -0.4 is 5.32 Å². The molecular formula is C25H28F6N4O4. The number of rotatable bonds is 6. The lowest BCUT2D eigenvalue weighted by molar-refractivity contribution is -0.192. The molecule has 1 aromatic heterocycles. The van der Waals surface area contributed by atoms with Crippen LogP contribution in [0.4, 0.5) is 26.3 Å². The minimum Gasteiger partial charge on any atom is -0.475 e. The summed E-state index contributed by atoms with van der Waals surface area (Å²) in [6, 6.07) is 5.51. The number of carbonyl (C=O) groups is 2. The van der Waals surface area contributed by atoms with Gasteiger partial charge in [0.2, 0.25) is 5.91 Å². The second kappa shape index (κ2) is 12.7. The van der Waals surface area contributed by atoms with E-state index in [9.17, 15) is 31.1 Å². The summed E-state index contributed by atoms with van der Waals surface area (Å²) < 4.78 is 76.6. The zero-order valence-corrected chi connectivity index (χ0v) is 20.9. The van der Waals surface area contributed by atoms with Gasteiger partial charge in [-0.2, -0.15) is 26.3 Å². The van der Waals surface area contributed by atoms with Gasteiger partial charge in [0, 0.05) is 31.4 Å².